The molecule has 6 nitrogen and oxygen atoms in total. The molecule has 190 valence electrons. The monoisotopic (exact) mass is 546 g/mol. The zero-order valence-corrected chi connectivity index (χ0v) is 21.9. The van der Waals surface area contributed by atoms with Crippen molar-refractivity contribution in [3.05, 3.63) is 46.1 Å². The molecule has 1 aromatic carbocycles. The summed E-state index contributed by atoms with van der Waals surface area (Å²) < 4.78 is 61.0. The number of hydrogen-bond donors (Lipinski definition) is 1. The molecule has 3 rings (SSSR count). The van der Waals surface area contributed by atoms with Crippen LogP contribution in [0.15, 0.2) is 29.6 Å². The Morgan fingerprint density at radius 1 is 1.11 bits per heavy atom. The lowest BCUT2D eigenvalue weighted by Crippen LogP contribution is -2.24. The first-order valence-electron chi connectivity index (χ1n) is 11.0. The molecule has 12 heteroatoms. The average Bonchev–Trinajstić information content (AvgIpc) is 3.22. The molecular formula is C23H26ClF3N4O2S2. The Morgan fingerprint density at radius 3 is 2.49 bits per heavy atom. The molecule has 1 N–H and O–H groups in total. The topological polar surface area (TPSA) is 84.8 Å². The van der Waals surface area contributed by atoms with Crippen LogP contribution in [0.2, 0.25) is 5.02 Å². The number of halogens is 4. The highest BCUT2D eigenvalue weighted by molar-refractivity contribution is 7.91. The van der Waals surface area contributed by atoms with E-state index in [9.17, 15) is 21.6 Å². The Kier molecular flexibility index (Phi) is 8.76. The second-order valence-corrected chi connectivity index (χ2v) is 11.7. The summed E-state index contributed by atoms with van der Waals surface area (Å²) in [5.41, 5.74) is -3.71. The molecule has 3 aromatic rings. The van der Waals surface area contributed by atoms with Crippen LogP contribution in [0.1, 0.15) is 45.0 Å². The highest BCUT2D eigenvalue weighted by Gasteiger charge is 2.45. The van der Waals surface area contributed by atoms with Crippen LogP contribution in [0.4, 0.5) is 19.0 Å². The van der Waals surface area contributed by atoms with Crippen molar-refractivity contribution < 1.29 is 21.6 Å². The zero-order chi connectivity index (χ0) is 25.8. The van der Waals surface area contributed by atoms with Gasteiger partial charge in [0.1, 0.15) is 22.3 Å². The molecule has 35 heavy (non-hydrogen) atoms. The molecule has 0 aliphatic heterocycles. The smallest absolute Gasteiger partial charge is 0.370 e. The number of nitrogens with zero attached hydrogens (tertiary/aromatic N) is 3. The van der Waals surface area contributed by atoms with E-state index in [0.29, 0.717) is 40.1 Å². The Bertz CT molecular complexity index is 1280. The summed E-state index contributed by atoms with van der Waals surface area (Å²) in [4.78, 5) is 13.9. The summed E-state index contributed by atoms with van der Waals surface area (Å²) in [6, 6.07) is 5.85. The summed E-state index contributed by atoms with van der Waals surface area (Å²) in [5, 5.41) is 5.86. The van der Waals surface area contributed by atoms with Crippen molar-refractivity contribution in [1.29, 1.82) is 0 Å². The molecular weight excluding hydrogens is 521 g/mol. The van der Waals surface area contributed by atoms with Crippen LogP contribution >= 0.6 is 22.9 Å². The third kappa shape index (κ3) is 7.14. The molecule has 0 spiro atoms. The van der Waals surface area contributed by atoms with Gasteiger partial charge in [0.25, 0.3) is 9.84 Å². The van der Waals surface area contributed by atoms with E-state index in [1.807, 2.05) is 6.07 Å². The average molecular weight is 547 g/mol. The largest absolute Gasteiger partial charge is 0.497 e. The molecule has 0 fully saturated rings. The highest BCUT2D eigenvalue weighted by atomic mass is 35.5. The first-order valence-corrected chi connectivity index (χ1v) is 14.0. The molecule has 0 atom stereocenters. The fourth-order valence-corrected chi connectivity index (χ4v) is 5.08. The quantitative estimate of drug-likeness (QED) is 0.283. The van der Waals surface area contributed by atoms with Gasteiger partial charge in [-0.05, 0) is 24.0 Å². The molecule has 0 bridgehead atoms. The Hall–Kier alpha value is -2.24. The van der Waals surface area contributed by atoms with Gasteiger partial charge in [0.05, 0.1) is 16.5 Å². The van der Waals surface area contributed by atoms with Gasteiger partial charge in [-0.2, -0.15) is 13.2 Å². The maximum Gasteiger partial charge on any atom is 0.497 e. The van der Waals surface area contributed by atoms with Gasteiger partial charge in [-0.3, -0.25) is 0 Å². The number of rotatable bonds is 10. The Labute approximate surface area is 211 Å². The predicted molar refractivity (Wildman–Crippen MR) is 134 cm³/mol. The summed E-state index contributed by atoms with van der Waals surface area (Å²) in [7, 11) is -5.29. The number of sulfone groups is 1. The molecule has 2 aromatic heterocycles. The van der Waals surface area contributed by atoms with Crippen molar-refractivity contribution in [3.8, 4) is 22.0 Å². The number of thiazole rings is 1. The van der Waals surface area contributed by atoms with Gasteiger partial charge in [0.15, 0.2) is 0 Å². The van der Waals surface area contributed by atoms with Crippen LogP contribution in [0.25, 0.3) is 22.0 Å². The first-order chi connectivity index (χ1) is 16.4. The third-order valence-electron chi connectivity index (χ3n) is 4.94. The van der Waals surface area contributed by atoms with Crippen molar-refractivity contribution in [3.63, 3.8) is 0 Å². The molecule has 0 saturated carbocycles. The molecule has 2 heterocycles. The molecule has 0 radical (unpaired) electrons. The fourth-order valence-electron chi connectivity index (χ4n) is 3.22. The van der Waals surface area contributed by atoms with Crippen LogP contribution in [0.5, 0.6) is 0 Å². The summed E-state index contributed by atoms with van der Waals surface area (Å²) in [5.74, 6) is 0.635. The number of benzene rings is 1. The van der Waals surface area contributed by atoms with E-state index < -0.39 is 21.1 Å². The third-order valence-corrected chi connectivity index (χ3v) is 7.54. The van der Waals surface area contributed by atoms with E-state index >= 15 is 0 Å². The maximum absolute atomic E-state index is 12.7. The zero-order valence-electron chi connectivity index (χ0n) is 19.5. The summed E-state index contributed by atoms with van der Waals surface area (Å²) >= 11 is 7.65. The summed E-state index contributed by atoms with van der Waals surface area (Å²) in [6.45, 7) is 7.09. The lowest BCUT2D eigenvalue weighted by Gasteiger charge is -2.10. The van der Waals surface area contributed by atoms with Crippen molar-refractivity contribution >= 4 is 38.6 Å². The highest BCUT2D eigenvalue weighted by Crippen LogP contribution is 2.34. The van der Waals surface area contributed by atoms with Gasteiger partial charge in [0.2, 0.25) is 0 Å². The van der Waals surface area contributed by atoms with Crippen LogP contribution in [-0.4, -0.2) is 35.4 Å². The Balaban J connectivity index is 1.89. The minimum absolute atomic E-state index is 0.0524. The number of nitrogens with one attached hydrogen (secondary N) is 1. The number of alkyl halides is 3. The van der Waals surface area contributed by atoms with E-state index in [4.69, 9.17) is 11.6 Å². The lowest BCUT2D eigenvalue weighted by molar-refractivity contribution is -0.0437. The molecule has 0 amide bonds. The van der Waals surface area contributed by atoms with Crippen molar-refractivity contribution in [1.82, 2.24) is 15.0 Å². The SMILES string of the molecule is CCCCNc1cc(-c2nc(-c3ccc(CS(=O)(=O)C(F)(F)F)cc3Cl)cs2)nc(CC(C)C)n1. The van der Waals surface area contributed by atoms with Crippen LogP contribution in [0.3, 0.4) is 0 Å². The van der Waals surface area contributed by atoms with Crippen LogP contribution < -0.4 is 5.32 Å². The van der Waals surface area contributed by atoms with Gasteiger partial charge >= 0.3 is 5.51 Å². The van der Waals surface area contributed by atoms with E-state index in [-0.39, 0.29) is 10.6 Å². The second-order valence-electron chi connectivity index (χ2n) is 8.49. The van der Waals surface area contributed by atoms with Crippen molar-refractivity contribution in [2.45, 2.75) is 51.3 Å². The molecule has 0 aliphatic rings. The lowest BCUT2D eigenvalue weighted by atomic mass is 10.1. The van der Waals surface area contributed by atoms with E-state index in [1.165, 1.54) is 29.5 Å². The van der Waals surface area contributed by atoms with Gasteiger partial charge in [0, 0.05) is 30.0 Å². The van der Waals surface area contributed by atoms with Crippen molar-refractivity contribution in [2.24, 2.45) is 5.92 Å². The van der Waals surface area contributed by atoms with Gasteiger partial charge in [-0.1, -0.05) is 50.9 Å². The van der Waals surface area contributed by atoms with Gasteiger partial charge in [-0.15, -0.1) is 11.3 Å². The normalized spacial score (nSPS) is 12.3. The molecule has 0 saturated heterocycles. The number of aromatic nitrogens is 3. The standard InChI is InChI=1S/C23H26ClF3N4O2S2/c1-4-5-8-28-20-11-18(29-21(31-20)9-14(2)3)22-30-19(12-34-22)16-7-6-15(10-17(16)24)13-35(32,33)23(25,26)27/h6-7,10-12,14H,4-5,8-9,13H2,1-3H3,(H,28,29,31). The summed E-state index contributed by atoms with van der Waals surface area (Å²) in [6.07, 6.45) is 2.78. The van der Waals surface area contributed by atoms with Gasteiger partial charge in [-0.25, -0.2) is 23.4 Å². The van der Waals surface area contributed by atoms with E-state index in [1.54, 1.807) is 5.38 Å². The minimum Gasteiger partial charge on any atom is -0.370 e. The van der Waals surface area contributed by atoms with Crippen LogP contribution in [0, 0.1) is 5.92 Å². The minimum atomic E-state index is -5.32. The van der Waals surface area contributed by atoms with E-state index in [2.05, 4.69) is 41.0 Å². The van der Waals surface area contributed by atoms with Crippen LogP contribution in [-0.2, 0) is 22.0 Å². The number of hydrogen-bond acceptors (Lipinski definition) is 7. The van der Waals surface area contributed by atoms with E-state index in [0.717, 1.165) is 25.2 Å². The molecule has 0 unspecified atom stereocenters. The molecule has 0 aliphatic carbocycles. The van der Waals surface area contributed by atoms with Gasteiger partial charge < -0.3 is 5.32 Å². The Morgan fingerprint density at radius 2 is 1.86 bits per heavy atom. The number of unbranched alkanes of at least 4 members (excludes halogenated alkanes) is 1. The van der Waals surface area contributed by atoms with Crippen molar-refractivity contribution in [2.75, 3.05) is 11.9 Å². The second kappa shape index (κ2) is 11.2. The first kappa shape index (κ1) is 27.3. The predicted octanol–water partition coefficient (Wildman–Crippen LogP) is 6.77. The maximum atomic E-state index is 12.7. The number of anilines is 1. The fraction of sp³-hybridized carbons (Fsp3) is 0.435.